The van der Waals surface area contributed by atoms with E-state index in [9.17, 15) is 27.5 Å². The van der Waals surface area contributed by atoms with E-state index in [1.165, 1.54) is 0 Å². The maximum Gasteiger partial charge on any atom is 0.284 e. The number of ether oxygens (including phenoxy) is 1. The number of phenolic OH excluding ortho intramolecular Hbond substituents is 1. The molecule has 7 nitrogen and oxygen atoms in total. The van der Waals surface area contributed by atoms with Crippen molar-refractivity contribution in [1.82, 2.24) is 14.5 Å². The van der Waals surface area contributed by atoms with Crippen LogP contribution in [0.15, 0.2) is 36.4 Å². The number of likely N-dealkylation sites (N-methyl/N-ethyl adjacent to an activating group) is 1. The Kier molecular flexibility index (Phi) is 6.89. The van der Waals surface area contributed by atoms with Crippen LogP contribution in [0.5, 0.6) is 11.5 Å². The number of halogens is 5. The molecule has 0 bridgehead atoms. The number of hydrogen-bond acceptors (Lipinski definition) is 5. The number of nitrogens with zero attached hydrogens (tertiary/aromatic N) is 3. The Bertz CT molecular complexity index is 1750. The van der Waals surface area contributed by atoms with Gasteiger partial charge in [0.1, 0.15) is 6.10 Å². The highest BCUT2D eigenvalue weighted by Crippen LogP contribution is 2.46. The molecule has 3 N–H and O–H groups in total. The van der Waals surface area contributed by atoms with Crippen LogP contribution in [0.2, 0.25) is 5.02 Å². The lowest BCUT2D eigenvalue weighted by Crippen LogP contribution is -2.33. The molecule has 42 heavy (non-hydrogen) atoms. The largest absolute Gasteiger partial charge is 0.503 e. The molecule has 2 unspecified atom stereocenters. The standard InChI is InChI=1S/C30H25ClF4N4O3/c1-38-12-11-18-25(37-30(29(36)41)39(18)2)26(38)17-8-4-7-16(20(17)31)13-5-3-6-15-14(13)9-10-19(15)42-28-23(34)21(32)27(40)22(33)24(28)35/h3-8,19,26,40H,9-12H2,1-2H3,(H2,36,41). The molecule has 12 heteroatoms. The van der Waals surface area contributed by atoms with Gasteiger partial charge in [0, 0.05) is 31.3 Å². The van der Waals surface area contributed by atoms with E-state index in [2.05, 4.69) is 9.88 Å². The number of phenols is 1. The van der Waals surface area contributed by atoms with Crippen molar-refractivity contribution in [2.24, 2.45) is 12.8 Å². The van der Waals surface area contributed by atoms with E-state index in [1.54, 1.807) is 23.7 Å². The normalized spacial score (nSPS) is 18.2. The van der Waals surface area contributed by atoms with E-state index in [0.29, 0.717) is 41.2 Å². The molecule has 2 heterocycles. The molecule has 4 aromatic rings. The Morgan fingerprint density at radius 1 is 1.00 bits per heavy atom. The minimum atomic E-state index is -1.92. The van der Waals surface area contributed by atoms with Crippen molar-refractivity contribution in [3.8, 4) is 22.6 Å². The SMILES string of the molecule is CN1CCc2c(nc(C(N)=O)n2C)C1c1cccc(-c2cccc3c2CCC3Oc2c(F)c(F)c(O)c(F)c2F)c1Cl. The number of benzene rings is 3. The third kappa shape index (κ3) is 4.21. The molecule has 3 aromatic carbocycles. The first-order valence-electron chi connectivity index (χ1n) is 13.2. The monoisotopic (exact) mass is 600 g/mol. The van der Waals surface area contributed by atoms with Crippen LogP contribution in [-0.4, -0.2) is 39.1 Å². The van der Waals surface area contributed by atoms with Crippen LogP contribution >= 0.6 is 11.6 Å². The van der Waals surface area contributed by atoms with E-state index in [1.807, 2.05) is 31.3 Å². The van der Waals surface area contributed by atoms with Crippen molar-refractivity contribution < 1.29 is 32.2 Å². The number of amides is 1. The number of nitrogens with two attached hydrogens (primary N) is 1. The molecule has 0 saturated heterocycles. The summed E-state index contributed by atoms with van der Waals surface area (Å²) < 4.78 is 64.0. The lowest BCUT2D eigenvalue weighted by Gasteiger charge is -2.33. The van der Waals surface area contributed by atoms with Crippen molar-refractivity contribution >= 4 is 17.5 Å². The molecular weight excluding hydrogens is 576 g/mol. The number of hydrogen-bond donors (Lipinski definition) is 2. The van der Waals surface area contributed by atoms with Gasteiger partial charge in [-0.1, -0.05) is 48.0 Å². The maximum atomic E-state index is 14.4. The smallest absolute Gasteiger partial charge is 0.284 e. The highest BCUT2D eigenvalue weighted by atomic mass is 35.5. The van der Waals surface area contributed by atoms with Gasteiger partial charge in [0.25, 0.3) is 5.91 Å². The number of fused-ring (bicyclic) bond motifs is 2. The van der Waals surface area contributed by atoms with Crippen molar-refractivity contribution in [2.45, 2.75) is 31.4 Å². The van der Waals surface area contributed by atoms with Gasteiger partial charge in [0.05, 0.1) is 16.8 Å². The first-order chi connectivity index (χ1) is 20.0. The highest BCUT2D eigenvalue weighted by molar-refractivity contribution is 6.34. The molecule has 6 rings (SSSR count). The topological polar surface area (TPSA) is 93.6 Å². The number of rotatable bonds is 5. The Morgan fingerprint density at radius 3 is 2.31 bits per heavy atom. The lowest BCUT2D eigenvalue weighted by atomic mass is 9.91. The number of primary amides is 1. The maximum absolute atomic E-state index is 14.4. The molecule has 0 radical (unpaired) electrons. The fourth-order valence-corrected chi connectivity index (χ4v) is 6.43. The second-order valence-corrected chi connectivity index (χ2v) is 10.9. The summed E-state index contributed by atoms with van der Waals surface area (Å²) in [5.41, 5.74) is 10.8. The van der Waals surface area contributed by atoms with Gasteiger partial charge in [-0.2, -0.15) is 17.6 Å². The van der Waals surface area contributed by atoms with E-state index in [0.717, 1.165) is 22.4 Å². The molecule has 1 aromatic heterocycles. The van der Waals surface area contributed by atoms with Gasteiger partial charge >= 0.3 is 0 Å². The molecule has 1 aliphatic heterocycles. The first-order valence-corrected chi connectivity index (χ1v) is 13.6. The summed E-state index contributed by atoms with van der Waals surface area (Å²) in [5, 5.41) is 9.76. The van der Waals surface area contributed by atoms with Crippen LogP contribution in [0.1, 0.15) is 57.3 Å². The minimum Gasteiger partial charge on any atom is -0.503 e. The fraction of sp³-hybridized carbons (Fsp3) is 0.267. The average molecular weight is 601 g/mol. The number of carbonyl (C=O) groups excluding carboxylic acids is 1. The number of aromatic nitrogens is 2. The summed E-state index contributed by atoms with van der Waals surface area (Å²) >= 11 is 7.09. The summed E-state index contributed by atoms with van der Waals surface area (Å²) in [4.78, 5) is 18.7. The van der Waals surface area contributed by atoms with Gasteiger partial charge in [-0.25, -0.2) is 4.98 Å². The fourth-order valence-electron chi connectivity index (χ4n) is 6.10. The second-order valence-electron chi connectivity index (χ2n) is 10.5. The van der Waals surface area contributed by atoms with Gasteiger partial charge in [-0.05, 0) is 42.1 Å². The Labute approximate surface area is 243 Å². The summed E-state index contributed by atoms with van der Waals surface area (Å²) in [6.45, 7) is 0.696. The number of carbonyl (C=O) groups is 1. The number of aromatic hydroxyl groups is 1. The zero-order valence-electron chi connectivity index (χ0n) is 22.5. The van der Waals surface area contributed by atoms with Crippen LogP contribution in [0, 0.1) is 23.3 Å². The lowest BCUT2D eigenvalue weighted by molar-refractivity contribution is 0.0987. The van der Waals surface area contributed by atoms with E-state index in [-0.39, 0.29) is 18.3 Å². The van der Waals surface area contributed by atoms with Gasteiger partial charge < -0.3 is 20.1 Å². The van der Waals surface area contributed by atoms with Gasteiger partial charge in [0.2, 0.25) is 23.3 Å². The van der Waals surface area contributed by atoms with Crippen LogP contribution < -0.4 is 10.5 Å². The van der Waals surface area contributed by atoms with Gasteiger partial charge in [0.15, 0.2) is 17.3 Å². The molecule has 1 aliphatic carbocycles. The predicted octanol–water partition coefficient (Wildman–Crippen LogP) is 5.75. The Hall–Kier alpha value is -4.09. The molecule has 218 valence electrons. The quantitative estimate of drug-likeness (QED) is 0.225. The van der Waals surface area contributed by atoms with Crippen LogP contribution in [0.4, 0.5) is 17.6 Å². The summed E-state index contributed by atoms with van der Waals surface area (Å²) in [6.07, 6.45) is 0.506. The van der Waals surface area contributed by atoms with Crippen molar-refractivity contribution in [2.75, 3.05) is 13.6 Å². The molecule has 2 aliphatic rings. The first kappa shape index (κ1) is 28.0. The summed E-state index contributed by atoms with van der Waals surface area (Å²) in [7, 11) is 3.71. The molecule has 2 atom stereocenters. The highest BCUT2D eigenvalue weighted by Gasteiger charge is 2.35. The second kappa shape index (κ2) is 10.3. The number of imidazole rings is 1. The van der Waals surface area contributed by atoms with E-state index >= 15 is 0 Å². The van der Waals surface area contributed by atoms with Gasteiger partial charge in [-0.3, -0.25) is 9.69 Å². The zero-order chi connectivity index (χ0) is 30.0. The summed E-state index contributed by atoms with van der Waals surface area (Å²) in [6, 6.07) is 10.6. The molecular formula is C30H25ClF4N4O3. The van der Waals surface area contributed by atoms with Crippen LogP contribution in [0.3, 0.4) is 0 Å². The van der Waals surface area contributed by atoms with Crippen molar-refractivity contribution in [3.05, 3.63) is 98.6 Å². The molecule has 0 saturated carbocycles. The zero-order valence-corrected chi connectivity index (χ0v) is 23.3. The van der Waals surface area contributed by atoms with Crippen molar-refractivity contribution in [1.29, 1.82) is 0 Å². The minimum absolute atomic E-state index is 0.167. The molecule has 0 spiro atoms. The van der Waals surface area contributed by atoms with E-state index in [4.69, 9.17) is 22.1 Å². The van der Waals surface area contributed by atoms with Crippen molar-refractivity contribution in [3.63, 3.8) is 0 Å². The van der Waals surface area contributed by atoms with Crippen LogP contribution in [-0.2, 0) is 19.9 Å². The van der Waals surface area contributed by atoms with Gasteiger partial charge in [-0.15, -0.1) is 0 Å². The predicted molar refractivity (Wildman–Crippen MR) is 146 cm³/mol. The van der Waals surface area contributed by atoms with Crippen LogP contribution in [0.25, 0.3) is 11.1 Å². The Balaban J connectivity index is 1.40. The third-order valence-electron chi connectivity index (χ3n) is 8.16. The Morgan fingerprint density at radius 2 is 1.64 bits per heavy atom. The average Bonchev–Trinajstić information content (AvgIpc) is 3.54. The molecule has 0 fully saturated rings. The molecule has 1 amide bonds. The third-order valence-corrected chi connectivity index (χ3v) is 8.58. The summed E-state index contributed by atoms with van der Waals surface area (Å²) in [5.74, 6) is -10.9. The van der Waals surface area contributed by atoms with E-state index < -0.39 is 46.8 Å².